The van der Waals surface area contributed by atoms with Crippen molar-refractivity contribution in [1.82, 2.24) is 10.2 Å². The van der Waals surface area contributed by atoms with Crippen LogP contribution in [0.3, 0.4) is 0 Å². The van der Waals surface area contributed by atoms with Crippen LogP contribution in [0.15, 0.2) is 78.9 Å². The highest BCUT2D eigenvalue weighted by Crippen LogP contribution is 2.21. The molecule has 0 aromatic heterocycles. The molecule has 1 atom stereocenters. The Morgan fingerprint density at radius 2 is 1.49 bits per heavy atom. The molecule has 5 heteroatoms. The highest BCUT2D eigenvalue weighted by Gasteiger charge is 2.30. The molecule has 0 saturated carbocycles. The van der Waals surface area contributed by atoms with E-state index in [9.17, 15) is 9.59 Å². The fraction of sp³-hybridized carbons (Fsp3) is 0.333. The van der Waals surface area contributed by atoms with Gasteiger partial charge in [-0.3, -0.25) is 9.59 Å². The van der Waals surface area contributed by atoms with Crippen LogP contribution in [0.4, 0.5) is 0 Å². The van der Waals surface area contributed by atoms with Gasteiger partial charge in [0.2, 0.25) is 5.91 Å². The second-order valence-electron chi connectivity index (χ2n) is 9.34. The Morgan fingerprint density at radius 3 is 2.11 bits per heavy atom. The van der Waals surface area contributed by atoms with Gasteiger partial charge in [0.25, 0.3) is 5.91 Å². The maximum atomic E-state index is 13.6. The van der Waals surface area contributed by atoms with Crippen LogP contribution in [-0.2, 0) is 22.6 Å². The Hall–Kier alpha value is -3.60. The molecule has 0 spiro atoms. The summed E-state index contributed by atoms with van der Waals surface area (Å²) in [5.41, 5.74) is 4.07. The Bertz CT molecular complexity index is 1100. The number of hydrogen-bond donors (Lipinski definition) is 1. The lowest BCUT2D eigenvalue weighted by atomic mass is 10.0. The first-order valence-electron chi connectivity index (χ1n) is 12.2. The number of benzene rings is 3. The lowest BCUT2D eigenvalue weighted by Gasteiger charge is -2.31. The van der Waals surface area contributed by atoms with Gasteiger partial charge in [-0.05, 0) is 48.1 Å². The minimum Gasteiger partial charge on any atom is -0.483 e. The lowest BCUT2D eigenvalue weighted by Crippen LogP contribution is -2.52. The minimum atomic E-state index is -0.661. The average molecular weight is 473 g/mol. The molecule has 1 N–H and O–H groups in total. The molecule has 1 unspecified atom stereocenters. The van der Waals surface area contributed by atoms with Crippen LogP contribution < -0.4 is 10.1 Å². The van der Waals surface area contributed by atoms with E-state index in [4.69, 9.17) is 4.74 Å². The molecular formula is C30H36N2O3. The summed E-state index contributed by atoms with van der Waals surface area (Å²) < 4.78 is 5.95. The van der Waals surface area contributed by atoms with Crippen molar-refractivity contribution in [2.75, 3.05) is 13.2 Å². The molecule has 5 nitrogen and oxygen atoms in total. The summed E-state index contributed by atoms with van der Waals surface area (Å²) in [7, 11) is 0. The maximum absolute atomic E-state index is 13.6. The number of hydrogen-bond acceptors (Lipinski definition) is 3. The predicted molar refractivity (Wildman–Crippen MR) is 140 cm³/mol. The van der Waals surface area contributed by atoms with Crippen LogP contribution in [0.25, 0.3) is 0 Å². The molecule has 0 bridgehead atoms. The summed E-state index contributed by atoms with van der Waals surface area (Å²) in [5, 5.41) is 3.04. The number of rotatable bonds is 11. The number of nitrogens with one attached hydrogen (secondary N) is 1. The van der Waals surface area contributed by atoms with Crippen molar-refractivity contribution in [3.8, 4) is 5.75 Å². The van der Waals surface area contributed by atoms with Gasteiger partial charge in [0, 0.05) is 19.5 Å². The number of ether oxygens (including phenoxy) is 1. The van der Waals surface area contributed by atoms with Gasteiger partial charge >= 0.3 is 0 Å². The van der Waals surface area contributed by atoms with E-state index in [2.05, 4.69) is 19.2 Å². The fourth-order valence-electron chi connectivity index (χ4n) is 3.86. The SMILES string of the molecule is Cc1cccc(OCC(=O)N(Cc2ccccc2)C(Cc2ccccc2)C(=O)NCC(C)C)c1C. The van der Waals surface area contributed by atoms with Crippen LogP contribution >= 0.6 is 0 Å². The molecule has 0 aliphatic carbocycles. The minimum absolute atomic E-state index is 0.139. The number of carbonyl (C=O) groups is 2. The van der Waals surface area contributed by atoms with Crippen LogP contribution in [0.2, 0.25) is 0 Å². The van der Waals surface area contributed by atoms with Crippen LogP contribution in [-0.4, -0.2) is 35.9 Å². The Balaban J connectivity index is 1.89. The second kappa shape index (κ2) is 12.7. The third-order valence-corrected chi connectivity index (χ3v) is 6.06. The monoisotopic (exact) mass is 472 g/mol. The molecule has 0 fully saturated rings. The number of nitrogens with zero attached hydrogens (tertiary/aromatic N) is 1. The predicted octanol–water partition coefficient (Wildman–Crippen LogP) is 5.09. The van der Waals surface area contributed by atoms with Gasteiger partial charge in [-0.2, -0.15) is 0 Å². The first-order chi connectivity index (χ1) is 16.8. The van der Waals surface area contributed by atoms with E-state index in [-0.39, 0.29) is 18.4 Å². The third-order valence-electron chi connectivity index (χ3n) is 6.06. The molecule has 2 amide bonds. The Morgan fingerprint density at radius 1 is 0.857 bits per heavy atom. The highest BCUT2D eigenvalue weighted by molar-refractivity contribution is 5.88. The number of amides is 2. The van der Waals surface area contributed by atoms with Crippen LogP contribution in [0.5, 0.6) is 5.75 Å². The van der Waals surface area contributed by atoms with Crippen LogP contribution in [0, 0.1) is 19.8 Å². The summed E-state index contributed by atoms with van der Waals surface area (Å²) in [6, 6.07) is 24.7. The summed E-state index contributed by atoms with van der Waals surface area (Å²) in [6.45, 7) is 8.84. The second-order valence-corrected chi connectivity index (χ2v) is 9.34. The van der Waals surface area contributed by atoms with E-state index < -0.39 is 6.04 Å². The van der Waals surface area contributed by atoms with E-state index in [0.29, 0.717) is 31.2 Å². The summed E-state index contributed by atoms with van der Waals surface area (Å²) >= 11 is 0. The quantitative estimate of drug-likeness (QED) is 0.423. The lowest BCUT2D eigenvalue weighted by molar-refractivity contribution is -0.142. The summed E-state index contributed by atoms with van der Waals surface area (Å²) in [6.07, 6.45) is 0.423. The van der Waals surface area contributed by atoms with E-state index >= 15 is 0 Å². The fourth-order valence-corrected chi connectivity index (χ4v) is 3.86. The molecule has 3 aromatic carbocycles. The molecule has 0 aliphatic rings. The van der Waals surface area contributed by atoms with Crippen molar-refractivity contribution in [3.63, 3.8) is 0 Å². The maximum Gasteiger partial charge on any atom is 0.261 e. The largest absolute Gasteiger partial charge is 0.483 e. The summed E-state index contributed by atoms with van der Waals surface area (Å²) in [4.78, 5) is 28.7. The van der Waals surface area contributed by atoms with Crippen molar-refractivity contribution < 1.29 is 14.3 Å². The van der Waals surface area contributed by atoms with Gasteiger partial charge in [-0.1, -0.05) is 86.6 Å². The van der Waals surface area contributed by atoms with Crippen molar-refractivity contribution in [2.24, 2.45) is 5.92 Å². The summed E-state index contributed by atoms with van der Waals surface area (Å²) in [5.74, 6) is 0.609. The van der Waals surface area contributed by atoms with Gasteiger partial charge in [-0.15, -0.1) is 0 Å². The van der Waals surface area contributed by atoms with E-state index in [1.807, 2.05) is 92.7 Å². The van der Waals surface area contributed by atoms with Crippen LogP contribution in [0.1, 0.15) is 36.1 Å². The molecule has 0 radical (unpaired) electrons. The normalized spacial score (nSPS) is 11.7. The topological polar surface area (TPSA) is 58.6 Å². The molecule has 35 heavy (non-hydrogen) atoms. The average Bonchev–Trinajstić information content (AvgIpc) is 2.86. The standard InChI is InChI=1S/C30H36N2O3/c1-22(2)19-31-30(34)27(18-25-13-7-5-8-14-25)32(20-26-15-9-6-10-16-26)29(33)21-35-28-17-11-12-23(3)24(28)4/h5-17,22,27H,18-21H2,1-4H3,(H,31,34). The zero-order valence-corrected chi connectivity index (χ0v) is 21.2. The van der Waals surface area contributed by atoms with Crippen molar-refractivity contribution in [3.05, 3.63) is 101 Å². The number of carbonyl (C=O) groups excluding carboxylic acids is 2. The molecular weight excluding hydrogens is 436 g/mol. The zero-order valence-electron chi connectivity index (χ0n) is 21.2. The molecule has 0 saturated heterocycles. The van der Waals surface area contributed by atoms with Gasteiger partial charge in [0.1, 0.15) is 11.8 Å². The van der Waals surface area contributed by atoms with Crippen molar-refractivity contribution >= 4 is 11.8 Å². The van der Waals surface area contributed by atoms with Crippen molar-refractivity contribution in [1.29, 1.82) is 0 Å². The Labute approximate surface area is 209 Å². The molecule has 3 rings (SSSR count). The molecule has 0 heterocycles. The highest BCUT2D eigenvalue weighted by atomic mass is 16.5. The van der Waals surface area contributed by atoms with E-state index in [1.54, 1.807) is 4.90 Å². The van der Waals surface area contributed by atoms with Gasteiger partial charge in [-0.25, -0.2) is 0 Å². The van der Waals surface area contributed by atoms with Gasteiger partial charge in [0.15, 0.2) is 6.61 Å². The Kier molecular flexibility index (Phi) is 9.47. The van der Waals surface area contributed by atoms with E-state index in [1.165, 1.54) is 0 Å². The first-order valence-corrected chi connectivity index (χ1v) is 12.2. The number of aryl methyl sites for hydroxylation is 1. The third kappa shape index (κ3) is 7.71. The van der Waals surface area contributed by atoms with Gasteiger partial charge < -0.3 is 15.0 Å². The zero-order chi connectivity index (χ0) is 25.2. The van der Waals surface area contributed by atoms with Crippen molar-refractivity contribution in [2.45, 2.75) is 46.7 Å². The molecule has 0 aliphatic heterocycles. The van der Waals surface area contributed by atoms with Gasteiger partial charge in [0.05, 0.1) is 0 Å². The molecule has 3 aromatic rings. The molecule has 184 valence electrons. The van der Waals surface area contributed by atoms with E-state index in [0.717, 1.165) is 22.3 Å². The smallest absolute Gasteiger partial charge is 0.261 e. The first kappa shape index (κ1) is 26.0.